The molecule has 4 heteroatoms. The molecule has 0 heterocycles. The van der Waals surface area contributed by atoms with Gasteiger partial charge in [-0.15, -0.1) is 11.8 Å². The first-order valence-corrected chi connectivity index (χ1v) is 7.78. The maximum absolute atomic E-state index is 13.5. The topological polar surface area (TPSA) is 29.1 Å². The SMILES string of the molecule is CC(SC(C)c1ccccc1)C(=O)Nc1ccccc1F. The fourth-order valence-electron chi connectivity index (χ4n) is 1.97. The first-order chi connectivity index (χ1) is 10.1. The van der Waals surface area contributed by atoms with Crippen LogP contribution >= 0.6 is 11.8 Å². The van der Waals surface area contributed by atoms with Crippen molar-refractivity contribution in [2.45, 2.75) is 24.3 Å². The second-order valence-electron chi connectivity index (χ2n) is 4.80. The van der Waals surface area contributed by atoms with Crippen LogP contribution in [0.15, 0.2) is 54.6 Å². The van der Waals surface area contributed by atoms with E-state index >= 15 is 0 Å². The Labute approximate surface area is 128 Å². The van der Waals surface area contributed by atoms with Crippen LogP contribution < -0.4 is 5.32 Å². The van der Waals surface area contributed by atoms with E-state index < -0.39 is 5.82 Å². The molecule has 2 nitrogen and oxygen atoms in total. The van der Waals surface area contributed by atoms with E-state index in [1.54, 1.807) is 30.0 Å². The van der Waals surface area contributed by atoms with Gasteiger partial charge in [-0.1, -0.05) is 42.5 Å². The summed E-state index contributed by atoms with van der Waals surface area (Å²) < 4.78 is 13.5. The Morgan fingerprint density at radius 1 is 1.05 bits per heavy atom. The van der Waals surface area contributed by atoms with Crippen LogP contribution in [0.2, 0.25) is 0 Å². The fourth-order valence-corrected chi connectivity index (χ4v) is 3.08. The minimum absolute atomic E-state index is 0.187. The molecule has 0 aliphatic carbocycles. The van der Waals surface area contributed by atoms with Gasteiger partial charge in [0.1, 0.15) is 5.82 Å². The molecule has 1 N–H and O–H groups in total. The van der Waals surface area contributed by atoms with Crippen molar-refractivity contribution >= 4 is 23.4 Å². The van der Waals surface area contributed by atoms with E-state index in [4.69, 9.17) is 0 Å². The van der Waals surface area contributed by atoms with E-state index in [1.165, 1.54) is 11.6 Å². The van der Waals surface area contributed by atoms with E-state index in [1.807, 2.05) is 37.3 Å². The quantitative estimate of drug-likeness (QED) is 0.871. The smallest absolute Gasteiger partial charge is 0.237 e. The van der Waals surface area contributed by atoms with Gasteiger partial charge in [-0.2, -0.15) is 0 Å². The molecule has 0 spiro atoms. The summed E-state index contributed by atoms with van der Waals surface area (Å²) in [5.74, 6) is -0.605. The van der Waals surface area contributed by atoms with Crippen LogP contribution in [0.3, 0.4) is 0 Å². The summed E-state index contributed by atoms with van der Waals surface area (Å²) >= 11 is 1.55. The number of benzene rings is 2. The Kier molecular flexibility index (Phi) is 5.39. The first-order valence-electron chi connectivity index (χ1n) is 6.83. The minimum Gasteiger partial charge on any atom is -0.323 e. The molecule has 21 heavy (non-hydrogen) atoms. The highest BCUT2D eigenvalue weighted by Crippen LogP contribution is 2.32. The third-order valence-corrected chi connectivity index (χ3v) is 4.48. The molecule has 2 atom stereocenters. The van der Waals surface area contributed by atoms with E-state index in [-0.39, 0.29) is 22.1 Å². The predicted octanol–water partition coefficient (Wildman–Crippen LogP) is 4.65. The molecule has 0 saturated heterocycles. The number of halogens is 1. The van der Waals surface area contributed by atoms with Crippen LogP contribution in [0, 0.1) is 5.82 Å². The molecule has 2 aromatic carbocycles. The van der Waals surface area contributed by atoms with Gasteiger partial charge in [-0.25, -0.2) is 4.39 Å². The molecule has 0 aliphatic rings. The van der Waals surface area contributed by atoms with Crippen molar-refractivity contribution in [3.8, 4) is 0 Å². The van der Waals surface area contributed by atoms with Gasteiger partial charge in [0.2, 0.25) is 5.91 Å². The van der Waals surface area contributed by atoms with Gasteiger partial charge in [0.25, 0.3) is 0 Å². The van der Waals surface area contributed by atoms with E-state index in [0.29, 0.717) is 0 Å². The van der Waals surface area contributed by atoms with Crippen molar-refractivity contribution in [3.63, 3.8) is 0 Å². The molecule has 0 aliphatic heterocycles. The van der Waals surface area contributed by atoms with Gasteiger partial charge in [-0.05, 0) is 31.5 Å². The zero-order valence-corrected chi connectivity index (χ0v) is 12.9. The number of hydrogen-bond donors (Lipinski definition) is 1. The van der Waals surface area contributed by atoms with Crippen LogP contribution in [0.5, 0.6) is 0 Å². The summed E-state index contributed by atoms with van der Waals surface area (Å²) in [6.45, 7) is 3.90. The highest BCUT2D eigenvalue weighted by atomic mass is 32.2. The van der Waals surface area contributed by atoms with Crippen molar-refractivity contribution in [3.05, 3.63) is 66.0 Å². The summed E-state index contributed by atoms with van der Waals surface area (Å²) in [6.07, 6.45) is 0. The molecule has 1 amide bonds. The summed E-state index contributed by atoms with van der Waals surface area (Å²) in [7, 11) is 0. The average molecular weight is 303 g/mol. The molecular weight excluding hydrogens is 285 g/mol. The molecule has 0 saturated carbocycles. The molecule has 0 bridgehead atoms. The maximum Gasteiger partial charge on any atom is 0.237 e. The Balaban J connectivity index is 1.95. The Hall–Kier alpha value is -1.81. The normalized spacial score (nSPS) is 13.5. The van der Waals surface area contributed by atoms with Crippen LogP contribution in [0.1, 0.15) is 24.7 Å². The number of carbonyl (C=O) groups is 1. The molecule has 2 aromatic rings. The van der Waals surface area contributed by atoms with Gasteiger partial charge in [0.05, 0.1) is 10.9 Å². The summed E-state index contributed by atoms with van der Waals surface area (Å²) in [5, 5.41) is 2.57. The molecule has 2 unspecified atom stereocenters. The number of thioether (sulfide) groups is 1. The second-order valence-corrected chi connectivity index (χ2v) is 6.49. The third kappa shape index (κ3) is 4.33. The first kappa shape index (κ1) is 15.6. The number of amides is 1. The van der Waals surface area contributed by atoms with Gasteiger partial charge < -0.3 is 5.32 Å². The van der Waals surface area contributed by atoms with E-state index in [0.717, 1.165) is 0 Å². The lowest BCUT2D eigenvalue weighted by Gasteiger charge is -2.17. The van der Waals surface area contributed by atoms with Crippen molar-refractivity contribution < 1.29 is 9.18 Å². The lowest BCUT2D eigenvalue weighted by atomic mass is 10.2. The lowest BCUT2D eigenvalue weighted by molar-refractivity contribution is -0.115. The molecule has 0 fully saturated rings. The fraction of sp³-hybridized carbons (Fsp3) is 0.235. The van der Waals surface area contributed by atoms with E-state index in [2.05, 4.69) is 12.2 Å². The van der Waals surface area contributed by atoms with Gasteiger partial charge in [0, 0.05) is 5.25 Å². The molecule has 0 radical (unpaired) electrons. The minimum atomic E-state index is -0.417. The predicted molar refractivity (Wildman–Crippen MR) is 86.9 cm³/mol. The molecule has 2 rings (SSSR count). The monoisotopic (exact) mass is 303 g/mol. The summed E-state index contributed by atoms with van der Waals surface area (Å²) in [6, 6.07) is 16.2. The average Bonchev–Trinajstić information content (AvgIpc) is 2.50. The Morgan fingerprint density at radius 2 is 1.67 bits per heavy atom. The number of para-hydroxylation sites is 1. The number of hydrogen-bond acceptors (Lipinski definition) is 2. The standard InChI is InChI=1S/C17H18FNOS/c1-12(14-8-4-3-5-9-14)21-13(2)17(20)19-16-11-7-6-10-15(16)18/h3-13H,1-2H3,(H,19,20). The van der Waals surface area contributed by atoms with Gasteiger partial charge >= 0.3 is 0 Å². The third-order valence-electron chi connectivity index (χ3n) is 3.18. The van der Waals surface area contributed by atoms with Crippen molar-refractivity contribution in [1.29, 1.82) is 0 Å². The highest BCUT2D eigenvalue weighted by molar-refractivity contribution is 8.00. The summed E-state index contributed by atoms with van der Waals surface area (Å²) in [5.41, 5.74) is 1.40. The molecule has 110 valence electrons. The number of nitrogens with one attached hydrogen (secondary N) is 1. The highest BCUT2D eigenvalue weighted by Gasteiger charge is 2.18. The van der Waals surface area contributed by atoms with Crippen LogP contribution in [-0.2, 0) is 4.79 Å². The van der Waals surface area contributed by atoms with Crippen LogP contribution in [-0.4, -0.2) is 11.2 Å². The van der Waals surface area contributed by atoms with Gasteiger partial charge in [-0.3, -0.25) is 4.79 Å². The largest absolute Gasteiger partial charge is 0.323 e. The lowest BCUT2D eigenvalue weighted by Crippen LogP contribution is -2.23. The van der Waals surface area contributed by atoms with Gasteiger partial charge in [0.15, 0.2) is 0 Å². The second kappa shape index (κ2) is 7.27. The molecular formula is C17H18FNOS. The van der Waals surface area contributed by atoms with Crippen LogP contribution in [0.25, 0.3) is 0 Å². The number of carbonyl (C=O) groups excluding carboxylic acids is 1. The number of rotatable bonds is 5. The van der Waals surface area contributed by atoms with Crippen LogP contribution in [0.4, 0.5) is 10.1 Å². The number of anilines is 1. The van der Waals surface area contributed by atoms with Crippen molar-refractivity contribution in [2.24, 2.45) is 0 Å². The molecule has 0 aromatic heterocycles. The summed E-state index contributed by atoms with van der Waals surface area (Å²) in [4.78, 5) is 12.1. The van der Waals surface area contributed by atoms with Crippen molar-refractivity contribution in [1.82, 2.24) is 0 Å². The van der Waals surface area contributed by atoms with Crippen molar-refractivity contribution in [2.75, 3.05) is 5.32 Å². The van der Waals surface area contributed by atoms with E-state index in [9.17, 15) is 9.18 Å². The zero-order valence-electron chi connectivity index (χ0n) is 12.0. The zero-order chi connectivity index (χ0) is 15.2. The Bertz CT molecular complexity index is 603. The Morgan fingerprint density at radius 3 is 2.33 bits per heavy atom. The maximum atomic E-state index is 13.5.